The van der Waals surface area contributed by atoms with Gasteiger partial charge in [0.15, 0.2) is 0 Å². The molecule has 0 aliphatic heterocycles. The number of amides is 1. The van der Waals surface area contributed by atoms with E-state index in [0.29, 0.717) is 11.7 Å². The van der Waals surface area contributed by atoms with Crippen molar-refractivity contribution in [2.24, 2.45) is 11.7 Å². The Morgan fingerprint density at radius 1 is 1.50 bits per heavy atom. The van der Waals surface area contributed by atoms with Crippen LogP contribution in [0.25, 0.3) is 0 Å². The van der Waals surface area contributed by atoms with Crippen LogP contribution in [-0.4, -0.2) is 42.4 Å². The summed E-state index contributed by atoms with van der Waals surface area (Å²) in [5, 5.41) is 0. The molecule has 0 spiro atoms. The van der Waals surface area contributed by atoms with Gasteiger partial charge in [0, 0.05) is 19.6 Å². The molecule has 1 unspecified atom stereocenters. The van der Waals surface area contributed by atoms with Crippen LogP contribution in [0.2, 0.25) is 0 Å². The second-order valence-electron chi connectivity index (χ2n) is 3.94. The number of hydrogen-bond acceptors (Lipinski definition) is 3. The van der Waals surface area contributed by atoms with Gasteiger partial charge in [-0.05, 0) is 18.6 Å². The third kappa shape index (κ3) is 5.50. The quantitative estimate of drug-likeness (QED) is 0.728. The normalized spacial score (nSPS) is 13.0. The Hall–Kier alpha value is -0.220. The summed E-state index contributed by atoms with van der Waals surface area (Å²) in [6, 6.07) is 0.194. The average molecular weight is 218 g/mol. The Morgan fingerprint density at radius 2 is 2.07 bits per heavy atom. The first kappa shape index (κ1) is 13.8. The Labute approximate surface area is 91.4 Å². The maximum Gasteiger partial charge on any atom is 0.232 e. The lowest BCUT2D eigenvalue weighted by molar-refractivity contribution is -0.127. The molecule has 0 aliphatic carbocycles. The summed E-state index contributed by atoms with van der Waals surface area (Å²) in [5.74, 6) is 1.24. The summed E-state index contributed by atoms with van der Waals surface area (Å²) < 4.78 is 0. The molecule has 0 aliphatic rings. The molecule has 1 atom stereocenters. The number of hydrogen-bond donors (Lipinski definition) is 1. The Bertz CT molecular complexity index is 174. The first-order valence-corrected chi connectivity index (χ1v) is 6.37. The number of carbonyl (C=O) groups excluding carboxylic acids is 1. The van der Waals surface area contributed by atoms with E-state index in [2.05, 4.69) is 13.8 Å². The molecule has 0 heterocycles. The number of thioether (sulfide) groups is 1. The molecule has 0 saturated carbocycles. The second kappa shape index (κ2) is 7.12. The number of nitrogens with zero attached hydrogens (tertiary/aromatic N) is 1. The molecule has 1 amide bonds. The van der Waals surface area contributed by atoms with E-state index >= 15 is 0 Å². The van der Waals surface area contributed by atoms with Crippen molar-refractivity contribution in [3.8, 4) is 0 Å². The fourth-order valence-corrected chi connectivity index (χ4v) is 1.50. The number of nitrogens with two attached hydrogens (primary N) is 1. The minimum atomic E-state index is 0.188. The van der Waals surface area contributed by atoms with Gasteiger partial charge in [-0.15, -0.1) is 0 Å². The highest BCUT2D eigenvalue weighted by Crippen LogP contribution is 2.04. The van der Waals surface area contributed by atoms with Crippen LogP contribution in [0.4, 0.5) is 0 Å². The van der Waals surface area contributed by atoms with Gasteiger partial charge < -0.3 is 10.6 Å². The van der Waals surface area contributed by atoms with Crippen molar-refractivity contribution >= 4 is 17.7 Å². The summed E-state index contributed by atoms with van der Waals surface area (Å²) in [5.41, 5.74) is 5.90. The predicted molar refractivity (Wildman–Crippen MR) is 63.4 cm³/mol. The van der Waals surface area contributed by atoms with Crippen LogP contribution in [0.1, 0.15) is 20.3 Å². The van der Waals surface area contributed by atoms with Crippen molar-refractivity contribution in [3.05, 3.63) is 0 Å². The molecule has 0 fully saturated rings. The van der Waals surface area contributed by atoms with Crippen LogP contribution in [0.5, 0.6) is 0 Å². The van der Waals surface area contributed by atoms with Crippen LogP contribution < -0.4 is 5.73 Å². The molecule has 0 rings (SSSR count). The molecule has 84 valence electrons. The Kier molecular flexibility index (Phi) is 7.01. The zero-order valence-electron chi connectivity index (χ0n) is 9.62. The summed E-state index contributed by atoms with van der Waals surface area (Å²) in [4.78, 5) is 13.2. The highest BCUT2D eigenvalue weighted by Gasteiger charge is 2.11. The molecule has 0 aromatic carbocycles. The average Bonchev–Trinajstić information content (AvgIpc) is 2.13. The lowest BCUT2D eigenvalue weighted by Crippen LogP contribution is -2.35. The van der Waals surface area contributed by atoms with Gasteiger partial charge in [0.25, 0.3) is 0 Å². The molecule has 0 radical (unpaired) electrons. The number of rotatable bonds is 6. The lowest BCUT2D eigenvalue weighted by Gasteiger charge is -2.21. The Balaban J connectivity index is 3.72. The first-order valence-electron chi connectivity index (χ1n) is 4.97. The molecule has 0 bridgehead atoms. The van der Waals surface area contributed by atoms with Gasteiger partial charge in [-0.3, -0.25) is 4.79 Å². The molecule has 2 N–H and O–H groups in total. The van der Waals surface area contributed by atoms with Crippen molar-refractivity contribution in [1.82, 2.24) is 4.90 Å². The SMILES string of the molecule is CSCC(=O)N(C)CCC(N)C(C)C. The predicted octanol–water partition coefficient (Wildman–Crippen LogP) is 1.18. The molecule has 0 aromatic heterocycles. The van der Waals surface area contributed by atoms with E-state index in [4.69, 9.17) is 5.73 Å². The molecule has 0 saturated heterocycles. The lowest BCUT2D eigenvalue weighted by atomic mass is 10.0. The monoisotopic (exact) mass is 218 g/mol. The van der Waals surface area contributed by atoms with Crippen LogP contribution >= 0.6 is 11.8 Å². The third-order valence-corrected chi connectivity index (χ3v) is 2.88. The maximum absolute atomic E-state index is 11.4. The van der Waals surface area contributed by atoms with Gasteiger partial charge in [0.05, 0.1) is 5.75 Å². The Morgan fingerprint density at radius 3 is 2.50 bits per heavy atom. The molecule has 4 heteroatoms. The zero-order valence-corrected chi connectivity index (χ0v) is 10.4. The second-order valence-corrected chi connectivity index (χ2v) is 4.81. The molecule has 3 nitrogen and oxygen atoms in total. The van der Waals surface area contributed by atoms with Gasteiger partial charge in [0.1, 0.15) is 0 Å². The summed E-state index contributed by atoms with van der Waals surface area (Å²) in [7, 11) is 1.84. The van der Waals surface area contributed by atoms with E-state index in [-0.39, 0.29) is 11.9 Å². The van der Waals surface area contributed by atoms with Gasteiger partial charge >= 0.3 is 0 Å². The van der Waals surface area contributed by atoms with Crippen LogP contribution in [0, 0.1) is 5.92 Å². The fourth-order valence-electron chi connectivity index (χ4n) is 1.03. The van der Waals surface area contributed by atoms with Crippen LogP contribution in [0.3, 0.4) is 0 Å². The summed E-state index contributed by atoms with van der Waals surface area (Å²) in [6.45, 7) is 4.97. The van der Waals surface area contributed by atoms with Crippen molar-refractivity contribution < 1.29 is 4.79 Å². The van der Waals surface area contributed by atoms with E-state index in [9.17, 15) is 4.79 Å². The highest BCUT2D eigenvalue weighted by atomic mass is 32.2. The number of carbonyl (C=O) groups is 1. The summed E-state index contributed by atoms with van der Waals surface area (Å²) >= 11 is 1.56. The van der Waals surface area contributed by atoms with E-state index < -0.39 is 0 Å². The van der Waals surface area contributed by atoms with Crippen molar-refractivity contribution in [2.45, 2.75) is 26.3 Å². The maximum atomic E-state index is 11.4. The van der Waals surface area contributed by atoms with Crippen LogP contribution in [0.15, 0.2) is 0 Å². The first-order chi connectivity index (χ1) is 6.49. The fraction of sp³-hybridized carbons (Fsp3) is 0.900. The topological polar surface area (TPSA) is 46.3 Å². The standard InChI is InChI=1S/C10H22N2OS/c1-8(2)9(11)5-6-12(3)10(13)7-14-4/h8-9H,5-7,11H2,1-4H3. The minimum Gasteiger partial charge on any atom is -0.345 e. The smallest absolute Gasteiger partial charge is 0.232 e. The summed E-state index contributed by atoms with van der Waals surface area (Å²) in [6.07, 6.45) is 2.82. The van der Waals surface area contributed by atoms with Gasteiger partial charge in [-0.2, -0.15) is 11.8 Å². The van der Waals surface area contributed by atoms with E-state index in [1.807, 2.05) is 13.3 Å². The van der Waals surface area contributed by atoms with Crippen molar-refractivity contribution in [3.63, 3.8) is 0 Å². The van der Waals surface area contributed by atoms with Crippen molar-refractivity contribution in [2.75, 3.05) is 25.6 Å². The zero-order chi connectivity index (χ0) is 11.1. The third-order valence-electron chi connectivity index (χ3n) is 2.35. The molecular weight excluding hydrogens is 196 g/mol. The minimum absolute atomic E-state index is 0.188. The van der Waals surface area contributed by atoms with Crippen molar-refractivity contribution in [1.29, 1.82) is 0 Å². The van der Waals surface area contributed by atoms with Gasteiger partial charge in [-0.25, -0.2) is 0 Å². The molecule has 14 heavy (non-hydrogen) atoms. The van der Waals surface area contributed by atoms with Crippen LogP contribution in [-0.2, 0) is 4.79 Å². The highest BCUT2D eigenvalue weighted by molar-refractivity contribution is 7.99. The van der Waals surface area contributed by atoms with E-state index in [1.54, 1.807) is 16.7 Å². The van der Waals surface area contributed by atoms with Gasteiger partial charge in [0.2, 0.25) is 5.91 Å². The van der Waals surface area contributed by atoms with E-state index in [0.717, 1.165) is 13.0 Å². The molecule has 0 aromatic rings. The van der Waals surface area contributed by atoms with Gasteiger partial charge in [-0.1, -0.05) is 13.8 Å². The largest absolute Gasteiger partial charge is 0.345 e. The van der Waals surface area contributed by atoms with E-state index in [1.165, 1.54) is 0 Å². The molecular formula is C10H22N2OS.